The van der Waals surface area contributed by atoms with Gasteiger partial charge in [0.25, 0.3) is 0 Å². The van der Waals surface area contributed by atoms with Crippen LogP contribution in [0.15, 0.2) is 46.9 Å². The Hall–Kier alpha value is -1.80. The molecule has 0 fully saturated rings. The molecule has 0 radical (unpaired) electrons. The number of rotatable bonds is 1. The van der Waals surface area contributed by atoms with E-state index in [1.54, 1.807) is 0 Å². The molecule has 1 aromatic heterocycles. The molecule has 0 spiro atoms. The van der Waals surface area contributed by atoms with Crippen molar-refractivity contribution in [1.82, 2.24) is 0 Å². The Morgan fingerprint density at radius 1 is 0.941 bits per heavy atom. The van der Waals surface area contributed by atoms with E-state index in [1.807, 2.05) is 44.2 Å². The van der Waals surface area contributed by atoms with Gasteiger partial charge in [-0.05, 0) is 37.6 Å². The highest BCUT2D eigenvalue weighted by Crippen LogP contribution is 2.31. The molecule has 2 aromatic carbocycles. The van der Waals surface area contributed by atoms with Crippen molar-refractivity contribution in [2.75, 3.05) is 0 Å². The molecule has 0 aliphatic rings. The Balaban J connectivity index is 2.38. The highest BCUT2D eigenvalue weighted by atomic mass is 16.3. The van der Waals surface area contributed by atoms with Crippen LogP contribution in [0.4, 0.5) is 0 Å². The number of hydrogen-bond acceptors (Lipinski definition) is 2. The predicted octanol–water partition coefficient (Wildman–Crippen LogP) is 3.78. The third kappa shape index (κ3) is 1.61. The number of hydrogen-bond donors (Lipinski definition) is 1. The lowest BCUT2D eigenvalue weighted by Gasteiger charge is -2.18. The average Bonchev–Trinajstić information content (AvgIpc) is 2.65. The molecule has 0 aliphatic heterocycles. The Kier molecular flexibility index (Phi) is 2.04. The highest BCUT2D eigenvalue weighted by molar-refractivity contribution is 6.05. The van der Waals surface area contributed by atoms with E-state index < -0.39 is 0 Å². The lowest BCUT2D eigenvalue weighted by atomic mass is 9.94. The van der Waals surface area contributed by atoms with Crippen LogP contribution in [0.3, 0.4) is 0 Å². The van der Waals surface area contributed by atoms with Crippen LogP contribution in [0.1, 0.15) is 19.4 Å². The summed E-state index contributed by atoms with van der Waals surface area (Å²) in [4.78, 5) is 0. The second kappa shape index (κ2) is 3.34. The van der Waals surface area contributed by atoms with Gasteiger partial charge in [0.2, 0.25) is 0 Å². The largest absolute Gasteiger partial charge is 0.456 e. The summed E-state index contributed by atoms with van der Waals surface area (Å²) in [5.41, 5.74) is 8.77. The van der Waals surface area contributed by atoms with Gasteiger partial charge < -0.3 is 10.2 Å². The summed E-state index contributed by atoms with van der Waals surface area (Å²) in [6.45, 7) is 4.02. The molecule has 0 unspecified atom stereocenters. The molecule has 17 heavy (non-hydrogen) atoms. The van der Waals surface area contributed by atoms with Gasteiger partial charge in [0.05, 0.1) is 0 Å². The Morgan fingerprint density at radius 2 is 1.65 bits per heavy atom. The molecule has 0 bridgehead atoms. The third-order valence-corrected chi connectivity index (χ3v) is 3.12. The van der Waals surface area contributed by atoms with Crippen molar-refractivity contribution >= 4 is 21.9 Å². The fourth-order valence-electron chi connectivity index (χ4n) is 2.13. The number of fused-ring (bicyclic) bond motifs is 3. The van der Waals surface area contributed by atoms with E-state index in [1.165, 1.54) is 0 Å². The summed E-state index contributed by atoms with van der Waals surface area (Å²) >= 11 is 0. The lowest BCUT2D eigenvalue weighted by Crippen LogP contribution is -2.28. The lowest BCUT2D eigenvalue weighted by molar-refractivity contribution is 0.555. The molecule has 2 nitrogen and oxygen atoms in total. The molecule has 86 valence electrons. The maximum Gasteiger partial charge on any atom is 0.135 e. The molecular weight excluding hydrogens is 210 g/mol. The zero-order chi connectivity index (χ0) is 12.0. The van der Waals surface area contributed by atoms with Crippen LogP contribution in [0, 0.1) is 0 Å². The zero-order valence-corrected chi connectivity index (χ0v) is 10.0. The SMILES string of the molecule is CC(C)(N)c1ccc2oc3ccccc3c2c1. The minimum absolute atomic E-state index is 0.327. The second-order valence-electron chi connectivity index (χ2n) is 5.03. The normalized spacial score (nSPS) is 12.4. The first kappa shape index (κ1) is 10.4. The van der Waals surface area contributed by atoms with Crippen LogP contribution >= 0.6 is 0 Å². The Labute approximate surface area is 100 Å². The van der Waals surface area contributed by atoms with Crippen molar-refractivity contribution in [2.45, 2.75) is 19.4 Å². The van der Waals surface area contributed by atoms with Gasteiger partial charge in [-0.25, -0.2) is 0 Å². The second-order valence-corrected chi connectivity index (χ2v) is 5.03. The zero-order valence-electron chi connectivity index (χ0n) is 10.0. The molecule has 2 N–H and O–H groups in total. The van der Waals surface area contributed by atoms with E-state index in [0.717, 1.165) is 27.5 Å². The van der Waals surface area contributed by atoms with E-state index in [9.17, 15) is 0 Å². The van der Waals surface area contributed by atoms with Crippen LogP contribution < -0.4 is 5.73 Å². The molecular formula is C15H15NO. The van der Waals surface area contributed by atoms with Gasteiger partial charge in [-0.3, -0.25) is 0 Å². The highest BCUT2D eigenvalue weighted by Gasteiger charge is 2.16. The molecule has 0 aliphatic carbocycles. The van der Waals surface area contributed by atoms with Crippen LogP contribution in [0.2, 0.25) is 0 Å². The molecule has 1 heterocycles. The first-order valence-electron chi connectivity index (χ1n) is 5.76. The van der Waals surface area contributed by atoms with Crippen molar-refractivity contribution in [3.63, 3.8) is 0 Å². The smallest absolute Gasteiger partial charge is 0.135 e. The van der Waals surface area contributed by atoms with E-state index in [2.05, 4.69) is 12.1 Å². The summed E-state index contributed by atoms with van der Waals surface area (Å²) in [6, 6.07) is 14.2. The van der Waals surface area contributed by atoms with E-state index in [0.29, 0.717) is 0 Å². The molecule has 0 amide bonds. The molecule has 0 saturated carbocycles. The van der Waals surface area contributed by atoms with Crippen LogP contribution in [0.5, 0.6) is 0 Å². The fraction of sp³-hybridized carbons (Fsp3) is 0.200. The van der Waals surface area contributed by atoms with Gasteiger partial charge in [-0.15, -0.1) is 0 Å². The van der Waals surface area contributed by atoms with Crippen molar-refractivity contribution in [1.29, 1.82) is 0 Å². The van der Waals surface area contributed by atoms with Gasteiger partial charge >= 0.3 is 0 Å². The molecule has 2 heteroatoms. The minimum Gasteiger partial charge on any atom is -0.456 e. The number of nitrogens with two attached hydrogens (primary N) is 1. The number of furan rings is 1. The Bertz CT molecular complexity index is 689. The first-order chi connectivity index (χ1) is 8.05. The van der Waals surface area contributed by atoms with Gasteiger partial charge in [0.1, 0.15) is 11.2 Å². The number of para-hydroxylation sites is 1. The summed E-state index contributed by atoms with van der Waals surface area (Å²) in [7, 11) is 0. The molecule has 3 rings (SSSR count). The molecule has 0 saturated heterocycles. The van der Waals surface area contributed by atoms with E-state index in [4.69, 9.17) is 10.2 Å². The topological polar surface area (TPSA) is 39.2 Å². The van der Waals surface area contributed by atoms with E-state index >= 15 is 0 Å². The van der Waals surface area contributed by atoms with Gasteiger partial charge in [-0.2, -0.15) is 0 Å². The summed E-state index contributed by atoms with van der Waals surface area (Å²) < 4.78 is 5.78. The summed E-state index contributed by atoms with van der Waals surface area (Å²) in [5.74, 6) is 0. The maximum atomic E-state index is 6.13. The van der Waals surface area contributed by atoms with E-state index in [-0.39, 0.29) is 5.54 Å². The van der Waals surface area contributed by atoms with Crippen molar-refractivity contribution in [2.24, 2.45) is 5.73 Å². The van der Waals surface area contributed by atoms with Crippen LogP contribution in [0.25, 0.3) is 21.9 Å². The standard InChI is InChI=1S/C15H15NO/c1-15(2,16)10-7-8-14-12(9-10)11-5-3-4-6-13(11)17-14/h3-9H,16H2,1-2H3. The first-order valence-corrected chi connectivity index (χ1v) is 5.76. The van der Waals surface area contributed by atoms with Gasteiger partial charge in [-0.1, -0.05) is 24.3 Å². The summed E-state index contributed by atoms with van der Waals surface area (Å²) in [6.07, 6.45) is 0. The fourth-order valence-corrected chi connectivity index (χ4v) is 2.13. The van der Waals surface area contributed by atoms with Crippen molar-refractivity contribution in [3.8, 4) is 0 Å². The van der Waals surface area contributed by atoms with Crippen molar-refractivity contribution < 1.29 is 4.42 Å². The van der Waals surface area contributed by atoms with Crippen LogP contribution in [-0.2, 0) is 5.54 Å². The Morgan fingerprint density at radius 3 is 2.41 bits per heavy atom. The third-order valence-electron chi connectivity index (χ3n) is 3.12. The molecule has 3 aromatic rings. The quantitative estimate of drug-likeness (QED) is 0.684. The maximum absolute atomic E-state index is 6.13. The monoisotopic (exact) mass is 225 g/mol. The summed E-state index contributed by atoms with van der Waals surface area (Å²) in [5, 5.41) is 2.28. The predicted molar refractivity (Wildman–Crippen MR) is 70.9 cm³/mol. The van der Waals surface area contributed by atoms with Gasteiger partial charge in [0.15, 0.2) is 0 Å². The van der Waals surface area contributed by atoms with Crippen molar-refractivity contribution in [3.05, 3.63) is 48.0 Å². The minimum atomic E-state index is -0.327. The average molecular weight is 225 g/mol. The number of benzene rings is 2. The van der Waals surface area contributed by atoms with Crippen LogP contribution in [-0.4, -0.2) is 0 Å². The molecule has 0 atom stereocenters. The van der Waals surface area contributed by atoms with Gasteiger partial charge in [0, 0.05) is 16.3 Å².